The molecule has 4 heteroatoms. The van der Waals surface area contributed by atoms with Gasteiger partial charge in [-0.3, -0.25) is 0 Å². The monoisotopic (exact) mass is 204 g/mol. The van der Waals surface area contributed by atoms with Crippen LogP contribution in [0.5, 0.6) is 0 Å². The van der Waals surface area contributed by atoms with Crippen molar-refractivity contribution in [3.63, 3.8) is 0 Å². The Bertz CT molecular complexity index is 450. The first-order valence-electron chi connectivity index (χ1n) is 5.79. The topological polar surface area (TPSA) is 65.2 Å². The molecule has 4 nitrogen and oxygen atoms in total. The zero-order chi connectivity index (χ0) is 9.95. The first kappa shape index (κ1) is 7.25. The third kappa shape index (κ3) is 0.404. The molecule has 7 bridgehead atoms. The minimum Gasteiger partial charge on any atom is -0.411 e. The number of hydrogen-bond donors (Lipinski definition) is 2. The largest absolute Gasteiger partial charge is 0.411 e. The summed E-state index contributed by atoms with van der Waals surface area (Å²) < 4.78 is 0. The van der Waals surface area contributed by atoms with Crippen LogP contribution in [0.25, 0.3) is 0 Å². The first-order valence-corrected chi connectivity index (χ1v) is 5.79. The molecule has 0 aromatic heterocycles. The molecule has 0 aromatic rings. The van der Waals surface area contributed by atoms with Gasteiger partial charge in [0.05, 0.1) is 11.4 Å². The van der Waals surface area contributed by atoms with Gasteiger partial charge in [0.1, 0.15) is 0 Å². The summed E-state index contributed by atoms with van der Waals surface area (Å²) >= 11 is 0. The van der Waals surface area contributed by atoms with E-state index in [1.165, 1.54) is 12.8 Å². The summed E-state index contributed by atoms with van der Waals surface area (Å²) in [6, 6.07) is 0. The maximum Gasteiger partial charge on any atom is 0.0682 e. The van der Waals surface area contributed by atoms with Gasteiger partial charge in [0, 0.05) is 23.2 Å². The van der Waals surface area contributed by atoms with E-state index in [0.717, 1.165) is 29.2 Å². The van der Waals surface area contributed by atoms with Crippen LogP contribution < -0.4 is 0 Å². The van der Waals surface area contributed by atoms with Crippen molar-refractivity contribution < 1.29 is 10.4 Å². The molecular weight excluding hydrogens is 192 g/mol. The third-order valence-corrected chi connectivity index (χ3v) is 6.21. The van der Waals surface area contributed by atoms with Gasteiger partial charge in [0.25, 0.3) is 0 Å². The summed E-state index contributed by atoms with van der Waals surface area (Å²) in [4.78, 5) is 0. The molecule has 0 radical (unpaired) electrons. The van der Waals surface area contributed by atoms with Gasteiger partial charge in [-0.1, -0.05) is 10.3 Å². The van der Waals surface area contributed by atoms with Crippen LogP contribution in [-0.2, 0) is 0 Å². The molecular formula is C11H12N2O2. The van der Waals surface area contributed by atoms with Gasteiger partial charge in [0.2, 0.25) is 0 Å². The van der Waals surface area contributed by atoms with Crippen molar-refractivity contribution in [1.29, 1.82) is 0 Å². The molecule has 7 aliphatic carbocycles. The third-order valence-electron chi connectivity index (χ3n) is 6.21. The number of oxime groups is 2. The zero-order valence-electron chi connectivity index (χ0n) is 8.17. The van der Waals surface area contributed by atoms with Crippen LogP contribution in [-0.4, -0.2) is 21.8 Å². The minimum atomic E-state index is 0.156. The molecule has 0 unspecified atom stereocenters. The Hall–Kier alpha value is -1.06. The summed E-state index contributed by atoms with van der Waals surface area (Å²) in [5.74, 6) is 3.51. The number of hydrogen-bond acceptors (Lipinski definition) is 4. The van der Waals surface area contributed by atoms with E-state index in [1.54, 1.807) is 0 Å². The SMILES string of the molecule is O/N=C1/[C@@H]2[C@H]3C[C@@]14[C@H]3[C@@H]1C[C@@H]2/C(=N\O)[C@H]14. The van der Waals surface area contributed by atoms with Crippen LogP contribution >= 0.6 is 0 Å². The minimum absolute atomic E-state index is 0.156. The van der Waals surface area contributed by atoms with E-state index in [1.807, 2.05) is 0 Å². The van der Waals surface area contributed by atoms with Crippen molar-refractivity contribution in [2.75, 3.05) is 0 Å². The smallest absolute Gasteiger partial charge is 0.0682 e. The van der Waals surface area contributed by atoms with Gasteiger partial charge in [-0.05, 0) is 30.6 Å². The Morgan fingerprint density at radius 3 is 2.80 bits per heavy atom. The van der Waals surface area contributed by atoms with E-state index >= 15 is 0 Å². The summed E-state index contributed by atoms with van der Waals surface area (Å²) in [6.07, 6.45) is 2.37. The molecule has 0 heterocycles. The Balaban J connectivity index is 1.84. The predicted octanol–water partition coefficient (Wildman–Crippen LogP) is 1.18. The molecule has 0 amide bonds. The van der Waals surface area contributed by atoms with Crippen molar-refractivity contribution >= 4 is 11.4 Å². The fourth-order valence-electron chi connectivity index (χ4n) is 6.20. The Labute approximate surface area is 86.6 Å². The summed E-state index contributed by atoms with van der Waals surface area (Å²) in [7, 11) is 0. The van der Waals surface area contributed by atoms with Gasteiger partial charge < -0.3 is 10.4 Å². The molecule has 2 N–H and O–H groups in total. The van der Waals surface area contributed by atoms with Crippen molar-refractivity contribution in [3.05, 3.63) is 0 Å². The summed E-state index contributed by atoms with van der Waals surface area (Å²) in [6.45, 7) is 0. The Morgan fingerprint density at radius 2 is 2.07 bits per heavy atom. The fourth-order valence-corrected chi connectivity index (χ4v) is 6.20. The number of nitrogens with zero attached hydrogens (tertiary/aromatic N) is 2. The Kier molecular flexibility index (Phi) is 0.822. The summed E-state index contributed by atoms with van der Waals surface area (Å²) in [5.41, 5.74) is 2.26. The lowest BCUT2D eigenvalue weighted by molar-refractivity contribution is -0.151. The highest BCUT2D eigenvalue weighted by Crippen LogP contribution is 2.87. The van der Waals surface area contributed by atoms with Gasteiger partial charge in [0.15, 0.2) is 0 Å². The quantitative estimate of drug-likeness (QED) is 0.459. The van der Waals surface area contributed by atoms with Crippen LogP contribution in [0.3, 0.4) is 0 Å². The molecule has 7 saturated carbocycles. The molecule has 7 aliphatic rings. The van der Waals surface area contributed by atoms with Crippen LogP contribution in [0.15, 0.2) is 10.3 Å². The second-order valence-corrected chi connectivity index (χ2v) is 5.95. The summed E-state index contributed by atoms with van der Waals surface area (Å²) in [5, 5.41) is 25.4. The highest BCUT2D eigenvalue weighted by atomic mass is 16.4. The Morgan fingerprint density at radius 1 is 1.20 bits per heavy atom. The van der Waals surface area contributed by atoms with Gasteiger partial charge in [-0.2, -0.15) is 0 Å². The zero-order valence-corrected chi connectivity index (χ0v) is 8.17. The van der Waals surface area contributed by atoms with Crippen LogP contribution in [0.4, 0.5) is 0 Å². The maximum atomic E-state index is 9.18. The van der Waals surface area contributed by atoms with Crippen molar-refractivity contribution in [2.45, 2.75) is 12.8 Å². The average molecular weight is 204 g/mol. The molecule has 0 saturated heterocycles. The molecule has 7 fully saturated rings. The normalized spacial score (nSPS) is 71.2. The van der Waals surface area contributed by atoms with E-state index in [-0.39, 0.29) is 5.41 Å². The average Bonchev–Trinajstić information content (AvgIpc) is 2.64. The van der Waals surface area contributed by atoms with Crippen LogP contribution in [0.2, 0.25) is 0 Å². The van der Waals surface area contributed by atoms with Crippen molar-refractivity contribution in [3.8, 4) is 0 Å². The molecule has 78 valence electrons. The highest BCUT2D eigenvalue weighted by molar-refractivity contribution is 6.13. The molecule has 1 spiro atoms. The maximum absolute atomic E-state index is 9.18. The van der Waals surface area contributed by atoms with Crippen LogP contribution in [0.1, 0.15) is 12.8 Å². The van der Waals surface area contributed by atoms with E-state index in [2.05, 4.69) is 10.3 Å². The lowest BCUT2D eigenvalue weighted by Crippen LogP contribution is -2.64. The van der Waals surface area contributed by atoms with E-state index in [4.69, 9.17) is 5.21 Å². The van der Waals surface area contributed by atoms with Gasteiger partial charge in [-0.25, -0.2) is 0 Å². The number of rotatable bonds is 0. The second-order valence-electron chi connectivity index (χ2n) is 5.95. The highest BCUT2D eigenvalue weighted by Gasteiger charge is 2.88. The van der Waals surface area contributed by atoms with E-state index in [0.29, 0.717) is 17.8 Å². The predicted molar refractivity (Wildman–Crippen MR) is 51.1 cm³/mol. The molecule has 7 atom stereocenters. The van der Waals surface area contributed by atoms with Crippen LogP contribution in [0, 0.1) is 40.9 Å². The lowest BCUT2D eigenvalue weighted by Gasteiger charge is -2.64. The standard InChI is InChI=1S/C11H12N2O2/c14-12-9-3-1-4-7-5-2-11(7,8(4)9)10(13-15)6(3)5/h3-8,14-15H,1-2H2/b12-9+,13-10-/t3-,4-,5+,6-,7-,8-,11-/m0/s1. The van der Waals surface area contributed by atoms with Crippen molar-refractivity contribution in [1.82, 2.24) is 0 Å². The van der Waals surface area contributed by atoms with Crippen molar-refractivity contribution in [2.24, 2.45) is 51.2 Å². The van der Waals surface area contributed by atoms with Gasteiger partial charge in [-0.15, -0.1) is 0 Å². The lowest BCUT2D eigenvalue weighted by atomic mass is 9.38. The second kappa shape index (κ2) is 1.70. The van der Waals surface area contributed by atoms with Gasteiger partial charge >= 0.3 is 0 Å². The molecule has 0 aromatic carbocycles. The van der Waals surface area contributed by atoms with E-state index < -0.39 is 0 Å². The molecule has 15 heavy (non-hydrogen) atoms. The first-order chi connectivity index (χ1) is 7.34. The fraction of sp³-hybridized carbons (Fsp3) is 0.818. The van der Waals surface area contributed by atoms with E-state index in [9.17, 15) is 5.21 Å². The molecule has 0 aliphatic heterocycles. The molecule has 7 rings (SSSR count).